The van der Waals surface area contributed by atoms with Crippen LogP contribution in [-0.2, 0) is 14.3 Å². The van der Waals surface area contributed by atoms with Crippen LogP contribution >= 0.6 is 0 Å². The number of aryl methyl sites for hydroxylation is 1. The van der Waals surface area contributed by atoms with Crippen molar-refractivity contribution in [2.75, 3.05) is 14.2 Å². The third-order valence-electron chi connectivity index (χ3n) is 3.61. The van der Waals surface area contributed by atoms with Crippen molar-refractivity contribution in [3.63, 3.8) is 0 Å². The van der Waals surface area contributed by atoms with Gasteiger partial charge in [-0.15, -0.1) is 0 Å². The normalized spacial score (nSPS) is 21.2. The van der Waals surface area contributed by atoms with Crippen LogP contribution in [0.25, 0.3) is 0 Å². The monoisotopic (exact) mass is 294 g/mol. The maximum absolute atomic E-state index is 11.7. The molecule has 0 spiro atoms. The summed E-state index contributed by atoms with van der Waals surface area (Å²) in [5, 5.41) is 10.4. The highest BCUT2D eigenvalue weighted by molar-refractivity contribution is 5.98. The van der Waals surface area contributed by atoms with Crippen molar-refractivity contribution in [1.82, 2.24) is 0 Å². The number of hydrogen-bond acceptors (Lipinski definition) is 6. The lowest BCUT2D eigenvalue weighted by Gasteiger charge is -2.19. The number of rotatable bonds is 4. The average Bonchev–Trinajstić information content (AvgIpc) is 2.80. The van der Waals surface area contributed by atoms with Gasteiger partial charge in [0.1, 0.15) is 17.6 Å². The molecule has 1 aliphatic rings. The molecule has 114 valence electrons. The van der Waals surface area contributed by atoms with Crippen LogP contribution in [0, 0.1) is 6.92 Å². The van der Waals surface area contributed by atoms with E-state index < -0.39 is 18.2 Å². The summed E-state index contributed by atoms with van der Waals surface area (Å²) < 4.78 is 15.6. The van der Waals surface area contributed by atoms with E-state index in [-0.39, 0.29) is 23.5 Å². The van der Waals surface area contributed by atoms with Crippen molar-refractivity contribution in [2.24, 2.45) is 0 Å². The Balaban J connectivity index is 2.56. The van der Waals surface area contributed by atoms with Gasteiger partial charge in [-0.05, 0) is 25.5 Å². The van der Waals surface area contributed by atoms with E-state index in [0.717, 1.165) is 0 Å². The van der Waals surface area contributed by atoms with E-state index in [4.69, 9.17) is 14.2 Å². The van der Waals surface area contributed by atoms with Gasteiger partial charge in [0.25, 0.3) is 0 Å². The van der Waals surface area contributed by atoms with E-state index in [9.17, 15) is 14.7 Å². The molecule has 1 aromatic rings. The molecule has 0 unspecified atom stereocenters. The Morgan fingerprint density at radius 1 is 1.43 bits per heavy atom. The zero-order chi connectivity index (χ0) is 15.7. The van der Waals surface area contributed by atoms with Crippen LogP contribution < -0.4 is 4.74 Å². The zero-order valence-electron chi connectivity index (χ0n) is 12.4. The Labute approximate surface area is 122 Å². The van der Waals surface area contributed by atoms with Crippen LogP contribution in [0.3, 0.4) is 0 Å². The fourth-order valence-electron chi connectivity index (χ4n) is 2.58. The van der Waals surface area contributed by atoms with E-state index >= 15 is 0 Å². The zero-order valence-corrected chi connectivity index (χ0v) is 12.4. The van der Waals surface area contributed by atoms with Crippen molar-refractivity contribution in [1.29, 1.82) is 0 Å². The fraction of sp³-hybridized carbons (Fsp3) is 0.467. The van der Waals surface area contributed by atoms with Crippen molar-refractivity contribution in [2.45, 2.75) is 32.5 Å². The summed E-state index contributed by atoms with van der Waals surface area (Å²) >= 11 is 0. The molecule has 6 heteroatoms. The molecule has 1 heterocycles. The number of ether oxygens (including phenoxy) is 3. The molecule has 0 aliphatic carbocycles. The lowest BCUT2D eigenvalue weighted by molar-refractivity contribution is -0.148. The first-order valence-electron chi connectivity index (χ1n) is 6.55. The quantitative estimate of drug-likeness (QED) is 0.675. The van der Waals surface area contributed by atoms with E-state index in [1.54, 1.807) is 13.0 Å². The minimum atomic E-state index is -0.699. The topological polar surface area (TPSA) is 82.1 Å². The molecule has 1 N–H and O–H groups in total. The smallest absolute Gasteiger partial charge is 0.336 e. The maximum atomic E-state index is 11.7. The number of phenolic OH excluding ortho intramolecular Hbond substituents is 1. The number of methoxy groups -OCH3 is 2. The van der Waals surface area contributed by atoms with Crippen LogP contribution in [0.4, 0.5) is 0 Å². The van der Waals surface area contributed by atoms with Crippen LogP contribution in [0.1, 0.15) is 40.9 Å². The largest absolute Gasteiger partial charge is 0.507 e. The standard InChI is InChI=1S/C15H18O6/c1-7-5-9(8(2)16)13(17)12(14(7)20-4)10-6-11(19-3)15(18)21-10/h5,10-11,17H,6H2,1-4H3/t10-,11+/m1/s1. The molecule has 1 aromatic carbocycles. The van der Waals surface area contributed by atoms with Gasteiger partial charge in [-0.1, -0.05) is 0 Å². The summed E-state index contributed by atoms with van der Waals surface area (Å²) in [6.07, 6.45) is -1.11. The maximum Gasteiger partial charge on any atom is 0.336 e. The highest BCUT2D eigenvalue weighted by Gasteiger charge is 2.39. The number of benzene rings is 1. The van der Waals surface area contributed by atoms with Crippen molar-refractivity contribution in [3.05, 3.63) is 22.8 Å². The second-order valence-electron chi connectivity index (χ2n) is 4.98. The number of aromatic hydroxyl groups is 1. The summed E-state index contributed by atoms with van der Waals surface area (Å²) in [4.78, 5) is 23.3. The molecular formula is C15H18O6. The minimum absolute atomic E-state index is 0.181. The molecule has 21 heavy (non-hydrogen) atoms. The van der Waals surface area contributed by atoms with Gasteiger partial charge in [-0.2, -0.15) is 0 Å². The van der Waals surface area contributed by atoms with Crippen LogP contribution in [0.5, 0.6) is 11.5 Å². The Morgan fingerprint density at radius 2 is 2.10 bits per heavy atom. The Bertz CT molecular complexity index is 592. The summed E-state index contributed by atoms with van der Waals surface area (Å²) in [5.41, 5.74) is 1.18. The molecule has 0 radical (unpaired) electrons. The number of carbonyl (C=O) groups is 2. The lowest BCUT2D eigenvalue weighted by atomic mass is 9.95. The number of hydrogen-bond donors (Lipinski definition) is 1. The van der Waals surface area contributed by atoms with E-state index in [1.165, 1.54) is 21.1 Å². The van der Waals surface area contributed by atoms with Crippen LogP contribution in [0.2, 0.25) is 0 Å². The molecule has 0 amide bonds. The highest BCUT2D eigenvalue weighted by Crippen LogP contribution is 2.44. The number of ketones is 1. The van der Waals surface area contributed by atoms with Gasteiger partial charge >= 0.3 is 5.97 Å². The van der Waals surface area contributed by atoms with E-state index in [1.807, 2.05) is 0 Å². The number of cyclic esters (lactones) is 1. The number of phenols is 1. The van der Waals surface area contributed by atoms with Gasteiger partial charge in [0.15, 0.2) is 11.9 Å². The van der Waals surface area contributed by atoms with Crippen molar-refractivity contribution >= 4 is 11.8 Å². The lowest BCUT2D eigenvalue weighted by Crippen LogP contribution is -2.15. The van der Waals surface area contributed by atoms with Crippen molar-refractivity contribution < 1.29 is 28.9 Å². The SMILES string of the molecule is COc1c(C)cc(C(C)=O)c(O)c1[C@H]1C[C@H](OC)C(=O)O1. The summed E-state index contributed by atoms with van der Waals surface area (Å²) in [6, 6.07) is 1.56. The summed E-state index contributed by atoms with van der Waals surface area (Å²) in [7, 11) is 2.88. The van der Waals surface area contributed by atoms with Gasteiger partial charge in [0.05, 0.1) is 18.2 Å². The molecule has 6 nitrogen and oxygen atoms in total. The first-order valence-corrected chi connectivity index (χ1v) is 6.55. The predicted molar refractivity (Wildman–Crippen MR) is 73.6 cm³/mol. The Kier molecular flexibility index (Phi) is 4.18. The second-order valence-corrected chi connectivity index (χ2v) is 4.98. The number of esters is 1. The predicted octanol–water partition coefficient (Wildman–Crippen LogP) is 1.91. The number of Topliss-reactive ketones (excluding diaryl/α,β-unsaturated/α-hetero) is 1. The van der Waals surface area contributed by atoms with E-state index in [2.05, 4.69) is 0 Å². The molecule has 2 atom stereocenters. The molecule has 2 rings (SSSR count). The summed E-state index contributed by atoms with van der Waals surface area (Å²) in [5.74, 6) is -0.562. The molecule has 0 bridgehead atoms. The van der Waals surface area contributed by atoms with Gasteiger partial charge in [0, 0.05) is 13.5 Å². The highest BCUT2D eigenvalue weighted by atomic mass is 16.6. The second kappa shape index (κ2) is 5.73. The van der Waals surface area contributed by atoms with Gasteiger partial charge in [-0.25, -0.2) is 4.79 Å². The van der Waals surface area contributed by atoms with Gasteiger partial charge < -0.3 is 19.3 Å². The molecule has 1 saturated heterocycles. The first kappa shape index (κ1) is 15.3. The van der Waals surface area contributed by atoms with Crippen LogP contribution in [-0.4, -0.2) is 37.2 Å². The molecule has 0 saturated carbocycles. The van der Waals surface area contributed by atoms with Gasteiger partial charge in [0.2, 0.25) is 0 Å². The van der Waals surface area contributed by atoms with Crippen molar-refractivity contribution in [3.8, 4) is 11.5 Å². The molecular weight excluding hydrogens is 276 g/mol. The Hall–Kier alpha value is -2.08. The fourth-order valence-corrected chi connectivity index (χ4v) is 2.58. The van der Waals surface area contributed by atoms with E-state index in [0.29, 0.717) is 16.9 Å². The first-order chi connectivity index (χ1) is 9.90. The minimum Gasteiger partial charge on any atom is -0.507 e. The van der Waals surface area contributed by atoms with Crippen LogP contribution in [0.15, 0.2) is 6.07 Å². The third-order valence-corrected chi connectivity index (χ3v) is 3.61. The Morgan fingerprint density at radius 3 is 2.57 bits per heavy atom. The third kappa shape index (κ3) is 2.58. The molecule has 1 aliphatic heterocycles. The average molecular weight is 294 g/mol. The summed E-state index contributed by atoms with van der Waals surface area (Å²) in [6.45, 7) is 3.13. The number of carbonyl (C=O) groups excluding carboxylic acids is 2. The molecule has 0 aromatic heterocycles. The van der Waals surface area contributed by atoms with Gasteiger partial charge in [-0.3, -0.25) is 4.79 Å². The molecule has 1 fully saturated rings.